The number of aryl methyl sites for hydroxylation is 1. The zero-order valence-electron chi connectivity index (χ0n) is 17.7. The second-order valence-electron chi connectivity index (χ2n) is 7.85. The third-order valence-electron chi connectivity index (χ3n) is 5.27. The highest BCUT2D eigenvalue weighted by Gasteiger charge is 2.28. The number of hydrogen-bond acceptors (Lipinski definition) is 5. The van der Waals surface area contributed by atoms with Gasteiger partial charge in [0.15, 0.2) is 0 Å². The van der Waals surface area contributed by atoms with E-state index in [1.165, 1.54) is 4.31 Å². The number of benzene rings is 2. The van der Waals surface area contributed by atoms with E-state index in [4.69, 9.17) is 0 Å². The van der Waals surface area contributed by atoms with Crippen LogP contribution in [-0.2, 0) is 10.0 Å². The minimum absolute atomic E-state index is 0.0715. The molecule has 0 atom stereocenters. The maximum absolute atomic E-state index is 12.7. The topological polar surface area (TPSA) is 97.2 Å². The molecule has 1 N–H and O–H groups in total. The van der Waals surface area contributed by atoms with Gasteiger partial charge in [0.25, 0.3) is 5.91 Å². The number of amides is 1. The molecule has 162 valence electrons. The van der Waals surface area contributed by atoms with Crippen molar-refractivity contribution >= 4 is 27.3 Å². The highest BCUT2D eigenvalue weighted by atomic mass is 32.2. The summed E-state index contributed by atoms with van der Waals surface area (Å²) in [5.74, 6) is 0.731. The Morgan fingerprint density at radius 1 is 1.10 bits per heavy atom. The first-order valence-corrected chi connectivity index (χ1v) is 11.8. The molecule has 1 fully saturated rings. The van der Waals surface area contributed by atoms with Crippen LogP contribution in [0.5, 0.6) is 0 Å². The highest BCUT2D eigenvalue weighted by Crippen LogP contribution is 2.26. The molecule has 0 spiro atoms. The van der Waals surface area contributed by atoms with Gasteiger partial charge >= 0.3 is 0 Å². The lowest BCUT2D eigenvalue weighted by atomic mass is 10.0. The fourth-order valence-corrected chi connectivity index (χ4v) is 5.28. The van der Waals surface area contributed by atoms with Crippen molar-refractivity contribution in [2.75, 3.05) is 21.9 Å². The van der Waals surface area contributed by atoms with Gasteiger partial charge in [-0.05, 0) is 55.2 Å². The Kier molecular flexibility index (Phi) is 5.53. The maximum atomic E-state index is 12.7. The van der Waals surface area contributed by atoms with Gasteiger partial charge in [-0.25, -0.2) is 18.1 Å². The second kappa shape index (κ2) is 8.14. The van der Waals surface area contributed by atoms with Crippen molar-refractivity contribution in [3.05, 3.63) is 65.7 Å². The van der Waals surface area contributed by atoms with E-state index in [2.05, 4.69) is 29.2 Å². The number of rotatable bonds is 5. The summed E-state index contributed by atoms with van der Waals surface area (Å²) in [6, 6.07) is 14.7. The highest BCUT2D eigenvalue weighted by molar-refractivity contribution is 7.93. The molecule has 8 nitrogen and oxygen atoms in total. The molecule has 0 bridgehead atoms. The molecule has 2 heterocycles. The largest absolute Gasteiger partial charge is 0.319 e. The molecule has 4 rings (SSSR count). The first-order chi connectivity index (χ1) is 14.8. The maximum Gasteiger partial charge on any atom is 0.295 e. The van der Waals surface area contributed by atoms with Crippen LogP contribution in [0.4, 0.5) is 11.4 Å². The third kappa shape index (κ3) is 4.18. The van der Waals surface area contributed by atoms with Crippen LogP contribution in [-0.4, -0.2) is 41.4 Å². The van der Waals surface area contributed by atoms with Crippen LogP contribution < -0.4 is 9.62 Å². The number of sulfonamides is 1. The number of hydrogen-bond donors (Lipinski definition) is 1. The van der Waals surface area contributed by atoms with Crippen LogP contribution in [0.15, 0.2) is 48.5 Å². The summed E-state index contributed by atoms with van der Waals surface area (Å²) in [5, 5.41) is 7.21. The number of para-hydroxylation sites is 1. The van der Waals surface area contributed by atoms with Crippen molar-refractivity contribution in [3.63, 3.8) is 0 Å². The first kappa shape index (κ1) is 21.0. The molecule has 2 aromatic carbocycles. The Morgan fingerprint density at radius 2 is 1.81 bits per heavy atom. The molecule has 0 saturated carbocycles. The molecule has 1 saturated heterocycles. The summed E-state index contributed by atoms with van der Waals surface area (Å²) < 4.78 is 27.2. The van der Waals surface area contributed by atoms with E-state index in [0.29, 0.717) is 36.1 Å². The van der Waals surface area contributed by atoms with E-state index < -0.39 is 15.9 Å². The Hall–Kier alpha value is -3.20. The fraction of sp³-hybridized carbons (Fsp3) is 0.318. The van der Waals surface area contributed by atoms with Crippen molar-refractivity contribution < 1.29 is 13.2 Å². The number of carbonyl (C=O) groups is 1. The third-order valence-corrected chi connectivity index (χ3v) is 7.14. The molecule has 9 heteroatoms. The van der Waals surface area contributed by atoms with E-state index in [9.17, 15) is 13.2 Å². The molecule has 1 aliphatic heterocycles. The van der Waals surface area contributed by atoms with Gasteiger partial charge in [0.2, 0.25) is 15.8 Å². The summed E-state index contributed by atoms with van der Waals surface area (Å²) in [7, 11) is -3.23. The van der Waals surface area contributed by atoms with E-state index in [-0.39, 0.29) is 11.6 Å². The lowest BCUT2D eigenvalue weighted by Crippen LogP contribution is -2.25. The summed E-state index contributed by atoms with van der Waals surface area (Å²) >= 11 is 0. The predicted octanol–water partition coefficient (Wildman–Crippen LogP) is 3.49. The summed E-state index contributed by atoms with van der Waals surface area (Å²) in [5.41, 5.74) is 3.16. The lowest BCUT2D eigenvalue weighted by Gasteiger charge is -2.17. The first-order valence-electron chi connectivity index (χ1n) is 10.2. The smallest absolute Gasteiger partial charge is 0.295 e. The Bertz CT molecular complexity index is 1220. The van der Waals surface area contributed by atoms with E-state index >= 15 is 0 Å². The molecule has 0 unspecified atom stereocenters. The van der Waals surface area contributed by atoms with Crippen LogP contribution in [0.2, 0.25) is 0 Å². The fourth-order valence-electron chi connectivity index (χ4n) is 3.71. The average Bonchev–Trinajstić information content (AvgIpc) is 3.30. The lowest BCUT2D eigenvalue weighted by molar-refractivity contribution is 0.101. The van der Waals surface area contributed by atoms with Crippen molar-refractivity contribution in [3.8, 4) is 5.69 Å². The zero-order valence-corrected chi connectivity index (χ0v) is 18.6. The van der Waals surface area contributed by atoms with E-state index in [1.807, 2.05) is 31.2 Å². The molecule has 3 aromatic rings. The summed E-state index contributed by atoms with van der Waals surface area (Å²) in [6.45, 7) is 6.50. The van der Waals surface area contributed by atoms with Crippen molar-refractivity contribution in [1.29, 1.82) is 0 Å². The van der Waals surface area contributed by atoms with E-state index in [0.717, 1.165) is 11.3 Å². The van der Waals surface area contributed by atoms with Gasteiger partial charge in [0, 0.05) is 12.2 Å². The molecule has 1 aromatic heterocycles. The number of carbonyl (C=O) groups excluding carboxylic acids is 1. The minimum atomic E-state index is -3.23. The zero-order chi connectivity index (χ0) is 22.2. The van der Waals surface area contributed by atoms with Crippen LogP contribution >= 0.6 is 0 Å². The van der Waals surface area contributed by atoms with Crippen LogP contribution in [0, 0.1) is 6.92 Å². The molecule has 0 radical (unpaired) electrons. The Morgan fingerprint density at radius 3 is 2.45 bits per heavy atom. The molecule has 0 aliphatic carbocycles. The molecule has 1 aliphatic rings. The number of aromatic nitrogens is 3. The number of nitrogens with zero attached hydrogens (tertiary/aromatic N) is 4. The monoisotopic (exact) mass is 439 g/mol. The van der Waals surface area contributed by atoms with Crippen molar-refractivity contribution in [2.24, 2.45) is 0 Å². The van der Waals surface area contributed by atoms with Gasteiger partial charge in [-0.3, -0.25) is 9.10 Å². The normalized spacial score (nSPS) is 15.4. The molecular weight excluding hydrogens is 414 g/mol. The van der Waals surface area contributed by atoms with Gasteiger partial charge in [0.05, 0.1) is 17.1 Å². The van der Waals surface area contributed by atoms with E-state index in [1.54, 1.807) is 28.9 Å². The van der Waals surface area contributed by atoms with Crippen molar-refractivity contribution in [1.82, 2.24) is 14.8 Å². The molecule has 31 heavy (non-hydrogen) atoms. The Labute approximate surface area is 182 Å². The molecular formula is C22H25N5O3S. The van der Waals surface area contributed by atoms with Gasteiger partial charge in [0.1, 0.15) is 5.82 Å². The van der Waals surface area contributed by atoms with Gasteiger partial charge < -0.3 is 5.32 Å². The SMILES string of the molecule is Cc1nc(C(=O)Nc2ccc(N3CCCS3(=O)=O)cc2)nn1-c1ccccc1C(C)C. The second-order valence-corrected chi connectivity index (χ2v) is 9.86. The average molecular weight is 440 g/mol. The number of anilines is 2. The minimum Gasteiger partial charge on any atom is -0.319 e. The Balaban J connectivity index is 1.53. The van der Waals surface area contributed by atoms with Crippen LogP contribution in [0.25, 0.3) is 5.69 Å². The van der Waals surface area contributed by atoms with Gasteiger partial charge in [-0.15, -0.1) is 5.10 Å². The van der Waals surface area contributed by atoms with Crippen LogP contribution in [0.3, 0.4) is 0 Å². The van der Waals surface area contributed by atoms with Gasteiger partial charge in [-0.2, -0.15) is 0 Å². The quantitative estimate of drug-likeness (QED) is 0.656. The molecule has 1 amide bonds. The standard InChI is InChI=1S/C22H25N5O3S/c1-15(2)19-7-4-5-8-20(19)27-16(3)23-21(25-27)22(28)24-17-9-11-18(12-10-17)26-13-6-14-31(26,29)30/h4-5,7-12,15H,6,13-14H2,1-3H3,(H,24,28). The van der Waals surface area contributed by atoms with Crippen LogP contribution in [0.1, 0.15) is 48.2 Å². The van der Waals surface area contributed by atoms with Crippen molar-refractivity contribution in [2.45, 2.75) is 33.1 Å². The summed E-state index contributed by atoms with van der Waals surface area (Å²) in [6.07, 6.45) is 0.619. The summed E-state index contributed by atoms with van der Waals surface area (Å²) in [4.78, 5) is 17.1. The van der Waals surface area contributed by atoms with Gasteiger partial charge in [-0.1, -0.05) is 32.0 Å². The predicted molar refractivity (Wildman–Crippen MR) is 120 cm³/mol. The number of nitrogens with one attached hydrogen (secondary N) is 1.